The van der Waals surface area contributed by atoms with Gasteiger partial charge < -0.3 is 5.11 Å². The van der Waals surface area contributed by atoms with Crippen molar-refractivity contribution in [3.05, 3.63) is 0 Å². The normalized spacial score (nSPS) is 22.7. The molecular weight excluding hydrogens is 174 g/mol. The Morgan fingerprint density at radius 2 is 1.43 bits per heavy atom. The first kappa shape index (κ1) is 12.0. The summed E-state index contributed by atoms with van der Waals surface area (Å²) in [6.07, 6.45) is 1.79. The minimum Gasteiger partial charge on any atom is -0.393 e. The molecule has 0 spiro atoms. The summed E-state index contributed by atoms with van der Waals surface area (Å²) in [5.74, 6) is 0. The average molecular weight is 199 g/mol. The van der Waals surface area contributed by atoms with Crippen molar-refractivity contribution in [3.63, 3.8) is 0 Å². The van der Waals surface area contributed by atoms with Gasteiger partial charge in [0.2, 0.25) is 0 Å². The molecule has 2 nitrogen and oxygen atoms in total. The summed E-state index contributed by atoms with van der Waals surface area (Å²) in [5, 5.41) is 9.47. The number of aliphatic hydroxyl groups is 1. The molecule has 1 fully saturated rings. The van der Waals surface area contributed by atoms with Crippen LogP contribution in [0.3, 0.4) is 0 Å². The Bertz CT molecular complexity index is 185. The van der Waals surface area contributed by atoms with E-state index < -0.39 is 0 Å². The van der Waals surface area contributed by atoms with Crippen molar-refractivity contribution >= 4 is 0 Å². The van der Waals surface area contributed by atoms with E-state index in [2.05, 4.69) is 39.5 Å². The zero-order chi connectivity index (χ0) is 11.0. The molecule has 1 saturated heterocycles. The second kappa shape index (κ2) is 3.82. The van der Waals surface area contributed by atoms with Gasteiger partial charge in [0.05, 0.1) is 6.10 Å². The van der Waals surface area contributed by atoms with E-state index in [0.29, 0.717) is 0 Å². The van der Waals surface area contributed by atoms with Crippen LogP contribution in [0.15, 0.2) is 0 Å². The predicted molar refractivity (Wildman–Crippen MR) is 60.3 cm³/mol. The summed E-state index contributed by atoms with van der Waals surface area (Å²) < 4.78 is 0. The van der Waals surface area contributed by atoms with Crippen LogP contribution in [0.4, 0.5) is 0 Å². The van der Waals surface area contributed by atoms with Crippen LogP contribution < -0.4 is 0 Å². The Balaban J connectivity index is 2.65. The van der Waals surface area contributed by atoms with Crippen LogP contribution in [0.5, 0.6) is 0 Å². The Labute approximate surface area is 88.3 Å². The molecule has 1 heterocycles. The first-order valence-electron chi connectivity index (χ1n) is 5.68. The van der Waals surface area contributed by atoms with Gasteiger partial charge in [-0.25, -0.2) is 0 Å². The smallest absolute Gasteiger partial charge is 0.0564 e. The molecule has 84 valence electrons. The highest BCUT2D eigenvalue weighted by Gasteiger charge is 2.39. The molecule has 0 aliphatic carbocycles. The third-order valence-electron chi connectivity index (χ3n) is 4.09. The number of aliphatic hydroxyl groups excluding tert-OH is 1. The third-order valence-corrected chi connectivity index (χ3v) is 4.09. The lowest BCUT2D eigenvalue weighted by Gasteiger charge is -2.50. The van der Waals surface area contributed by atoms with Crippen LogP contribution in [0.25, 0.3) is 0 Å². The maximum absolute atomic E-state index is 9.47. The molecule has 0 aromatic carbocycles. The standard InChI is InChI=1S/C12H25NO/c1-11(2,3)12(4,5)13-8-6-10(14)7-9-13/h10,14H,6-9H2,1-5H3. The zero-order valence-corrected chi connectivity index (χ0v) is 10.3. The average Bonchev–Trinajstić information content (AvgIpc) is 2.03. The van der Waals surface area contributed by atoms with E-state index in [1.807, 2.05) is 0 Å². The summed E-state index contributed by atoms with van der Waals surface area (Å²) in [7, 11) is 0. The number of hydrogen-bond donors (Lipinski definition) is 1. The molecule has 14 heavy (non-hydrogen) atoms. The number of nitrogens with zero attached hydrogens (tertiary/aromatic N) is 1. The fourth-order valence-corrected chi connectivity index (χ4v) is 1.90. The van der Waals surface area contributed by atoms with Crippen molar-refractivity contribution in [1.29, 1.82) is 0 Å². The van der Waals surface area contributed by atoms with Gasteiger partial charge in [-0.15, -0.1) is 0 Å². The molecule has 0 aromatic heterocycles. The molecule has 2 heteroatoms. The fourth-order valence-electron chi connectivity index (χ4n) is 1.90. The molecule has 1 aliphatic rings. The first-order chi connectivity index (χ1) is 6.25. The van der Waals surface area contributed by atoms with E-state index in [-0.39, 0.29) is 17.1 Å². The van der Waals surface area contributed by atoms with Crippen LogP contribution in [0.2, 0.25) is 0 Å². The summed E-state index contributed by atoms with van der Waals surface area (Å²) in [6.45, 7) is 13.6. The van der Waals surface area contributed by atoms with E-state index in [0.717, 1.165) is 25.9 Å². The van der Waals surface area contributed by atoms with E-state index in [1.54, 1.807) is 0 Å². The van der Waals surface area contributed by atoms with Crippen molar-refractivity contribution in [2.45, 2.75) is 59.1 Å². The summed E-state index contributed by atoms with van der Waals surface area (Å²) in [6, 6.07) is 0. The third kappa shape index (κ3) is 2.29. The second-order valence-corrected chi connectivity index (χ2v) is 6.03. The summed E-state index contributed by atoms with van der Waals surface area (Å²) in [4.78, 5) is 2.51. The van der Waals surface area contributed by atoms with Gasteiger partial charge in [0.15, 0.2) is 0 Å². The Kier molecular flexibility index (Phi) is 3.27. The van der Waals surface area contributed by atoms with Gasteiger partial charge >= 0.3 is 0 Å². The van der Waals surface area contributed by atoms with Gasteiger partial charge in [-0.1, -0.05) is 20.8 Å². The lowest BCUT2D eigenvalue weighted by molar-refractivity contribution is -0.0218. The molecule has 0 unspecified atom stereocenters. The SMILES string of the molecule is CC(C)(C)C(C)(C)N1CCC(O)CC1. The van der Waals surface area contributed by atoms with E-state index >= 15 is 0 Å². The Morgan fingerprint density at radius 3 is 1.79 bits per heavy atom. The lowest BCUT2D eigenvalue weighted by atomic mass is 9.74. The highest BCUT2D eigenvalue weighted by atomic mass is 16.3. The molecule has 1 aliphatic heterocycles. The van der Waals surface area contributed by atoms with Crippen LogP contribution in [0, 0.1) is 5.41 Å². The highest BCUT2D eigenvalue weighted by Crippen LogP contribution is 2.36. The summed E-state index contributed by atoms with van der Waals surface area (Å²) >= 11 is 0. The van der Waals surface area contributed by atoms with Crippen molar-refractivity contribution in [2.75, 3.05) is 13.1 Å². The molecule has 0 aromatic rings. The van der Waals surface area contributed by atoms with Gasteiger partial charge in [0.25, 0.3) is 0 Å². The Morgan fingerprint density at radius 1 is 1.00 bits per heavy atom. The number of likely N-dealkylation sites (tertiary alicyclic amines) is 1. The quantitative estimate of drug-likeness (QED) is 0.700. The molecule has 0 amide bonds. The van der Waals surface area contributed by atoms with Crippen LogP contribution in [-0.4, -0.2) is 34.7 Å². The topological polar surface area (TPSA) is 23.5 Å². The van der Waals surface area contributed by atoms with Crippen LogP contribution >= 0.6 is 0 Å². The fraction of sp³-hybridized carbons (Fsp3) is 1.00. The van der Waals surface area contributed by atoms with E-state index in [1.165, 1.54) is 0 Å². The number of hydrogen-bond acceptors (Lipinski definition) is 2. The van der Waals surface area contributed by atoms with Crippen molar-refractivity contribution in [2.24, 2.45) is 5.41 Å². The number of rotatable bonds is 1. The van der Waals surface area contributed by atoms with Gasteiger partial charge in [0.1, 0.15) is 0 Å². The molecule has 0 saturated carbocycles. The number of piperidine rings is 1. The van der Waals surface area contributed by atoms with Gasteiger partial charge in [-0.2, -0.15) is 0 Å². The predicted octanol–water partition coefficient (Wildman–Crippen LogP) is 2.27. The van der Waals surface area contributed by atoms with Crippen molar-refractivity contribution in [1.82, 2.24) is 4.90 Å². The van der Waals surface area contributed by atoms with E-state index in [9.17, 15) is 5.11 Å². The maximum atomic E-state index is 9.47. The van der Waals surface area contributed by atoms with E-state index in [4.69, 9.17) is 0 Å². The second-order valence-electron chi connectivity index (χ2n) is 6.03. The van der Waals surface area contributed by atoms with Gasteiger partial charge in [-0.3, -0.25) is 4.90 Å². The molecule has 0 radical (unpaired) electrons. The highest BCUT2D eigenvalue weighted by molar-refractivity contribution is 4.94. The minimum absolute atomic E-state index is 0.0676. The minimum atomic E-state index is -0.0676. The van der Waals surface area contributed by atoms with Gasteiger partial charge in [-0.05, 0) is 32.1 Å². The maximum Gasteiger partial charge on any atom is 0.0564 e. The molecule has 1 N–H and O–H groups in total. The molecular formula is C12H25NO. The zero-order valence-electron chi connectivity index (χ0n) is 10.3. The lowest BCUT2D eigenvalue weighted by Crippen LogP contribution is -2.55. The van der Waals surface area contributed by atoms with Crippen LogP contribution in [-0.2, 0) is 0 Å². The Hall–Kier alpha value is -0.0800. The molecule has 0 bridgehead atoms. The molecule has 1 rings (SSSR count). The molecule has 0 atom stereocenters. The monoisotopic (exact) mass is 199 g/mol. The largest absolute Gasteiger partial charge is 0.393 e. The first-order valence-corrected chi connectivity index (χ1v) is 5.68. The van der Waals surface area contributed by atoms with Crippen LogP contribution in [0.1, 0.15) is 47.5 Å². The van der Waals surface area contributed by atoms with Crippen molar-refractivity contribution < 1.29 is 5.11 Å². The van der Waals surface area contributed by atoms with Crippen molar-refractivity contribution in [3.8, 4) is 0 Å². The summed E-state index contributed by atoms with van der Waals surface area (Å²) in [5.41, 5.74) is 0.502. The van der Waals surface area contributed by atoms with Gasteiger partial charge in [0, 0.05) is 18.6 Å².